The van der Waals surface area contributed by atoms with Gasteiger partial charge in [-0.25, -0.2) is 4.98 Å². The SMILES string of the molecule is CNC(C)c1cnc(N2CC3CCCC3C2)s1. The summed E-state index contributed by atoms with van der Waals surface area (Å²) in [5, 5.41) is 4.51. The maximum Gasteiger partial charge on any atom is 0.185 e. The van der Waals surface area contributed by atoms with E-state index in [2.05, 4.69) is 22.1 Å². The number of aromatic nitrogens is 1. The Morgan fingerprint density at radius 1 is 1.41 bits per heavy atom. The Morgan fingerprint density at radius 3 is 2.76 bits per heavy atom. The molecule has 0 aromatic carbocycles. The summed E-state index contributed by atoms with van der Waals surface area (Å²) < 4.78 is 0. The second-order valence-electron chi connectivity index (χ2n) is 5.41. The van der Waals surface area contributed by atoms with Crippen LogP contribution >= 0.6 is 11.3 Å². The van der Waals surface area contributed by atoms with Crippen LogP contribution in [-0.4, -0.2) is 25.1 Å². The molecule has 0 radical (unpaired) electrons. The van der Waals surface area contributed by atoms with Crippen molar-refractivity contribution in [1.82, 2.24) is 10.3 Å². The zero-order chi connectivity index (χ0) is 11.8. The van der Waals surface area contributed by atoms with E-state index in [-0.39, 0.29) is 0 Å². The molecule has 0 bridgehead atoms. The van der Waals surface area contributed by atoms with Crippen molar-refractivity contribution in [1.29, 1.82) is 0 Å². The average molecular weight is 251 g/mol. The van der Waals surface area contributed by atoms with Crippen molar-refractivity contribution in [3.05, 3.63) is 11.1 Å². The van der Waals surface area contributed by atoms with Gasteiger partial charge < -0.3 is 10.2 Å². The summed E-state index contributed by atoms with van der Waals surface area (Å²) in [7, 11) is 2.00. The van der Waals surface area contributed by atoms with E-state index in [1.54, 1.807) is 0 Å². The minimum Gasteiger partial charge on any atom is -0.348 e. The van der Waals surface area contributed by atoms with E-state index >= 15 is 0 Å². The molecule has 1 aliphatic heterocycles. The molecular weight excluding hydrogens is 230 g/mol. The number of rotatable bonds is 3. The third-order valence-corrected chi connectivity index (χ3v) is 5.61. The predicted molar refractivity (Wildman–Crippen MR) is 72.6 cm³/mol. The van der Waals surface area contributed by atoms with Crippen LogP contribution in [-0.2, 0) is 0 Å². The fourth-order valence-corrected chi connectivity index (χ4v) is 4.15. The van der Waals surface area contributed by atoms with E-state index in [1.165, 1.54) is 42.4 Å². The molecule has 1 saturated carbocycles. The zero-order valence-corrected chi connectivity index (χ0v) is 11.5. The quantitative estimate of drug-likeness (QED) is 0.895. The molecule has 1 aliphatic carbocycles. The number of hydrogen-bond acceptors (Lipinski definition) is 4. The van der Waals surface area contributed by atoms with Crippen LogP contribution in [0, 0.1) is 11.8 Å². The molecule has 17 heavy (non-hydrogen) atoms. The van der Waals surface area contributed by atoms with Gasteiger partial charge in [-0.3, -0.25) is 0 Å². The monoisotopic (exact) mass is 251 g/mol. The average Bonchev–Trinajstić information content (AvgIpc) is 3.00. The third-order valence-electron chi connectivity index (χ3n) is 4.37. The first kappa shape index (κ1) is 11.5. The lowest BCUT2D eigenvalue weighted by atomic mass is 10.0. The maximum atomic E-state index is 4.60. The highest BCUT2D eigenvalue weighted by Gasteiger charge is 2.37. The molecule has 94 valence electrons. The fraction of sp³-hybridized carbons (Fsp3) is 0.769. The smallest absolute Gasteiger partial charge is 0.185 e. The molecule has 3 nitrogen and oxygen atoms in total. The minimum atomic E-state index is 0.420. The Bertz CT molecular complexity index is 378. The molecule has 0 amide bonds. The van der Waals surface area contributed by atoms with Crippen LogP contribution in [0.5, 0.6) is 0 Å². The summed E-state index contributed by atoms with van der Waals surface area (Å²) in [6, 6.07) is 0.420. The lowest BCUT2D eigenvalue weighted by Gasteiger charge is -2.15. The van der Waals surface area contributed by atoms with Crippen LogP contribution in [0.3, 0.4) is 0 Å². The molecule has 3 atom stereocenters. The number of thiazole rings is 1. The van der Waals surface area contributed by atoms with Crippen molar-refractivity contribution < 1.29 is 0 Å². The normalized spacial score (nSPS) is 29.6. The lowest BCUT2D eigenvalue weighted by molar-refractivity contribution is 0.494. The minimum absolute atomic E-state index is 0.420. The molecule has 1 N–H and O–H groups in total. The zero-order valence-electron chi connectivity index (χ0n) is 10.6. The topological polar surface area (TPSA) is 28.2 Å². The number of nitrogens with zero attached hydrogens (tertiary/aromatic N) is 2. The lowest BCUT2D eigenvalue weighted by Crippen LogP contribution is -2.20. The van der Waals surface area contributed by atoms with Crippen molar-refractivity contribution in [2.45, 2.75) is 32.2 Å². The maximum absolute atomic E-state index is 4.60. The van der Waals surface area contributed by atoms with Crippen LogP contribution in [0.25, 0.3) is 0 Å². The summed E-state index contributed by atoms with van der Waals surface area (Å²) >= 11 is 1.85. The first-order valence-electron chi connectivity index (χ1n) is 6.66. The van der Waals surface area contributed by atoms with Crippen LogP contribution in [0.2, 0.25) is 0 Å². The molecular formula is C13H21N3S. The molecule has 3 unspecified atom stereocenters. The Kier molecular flexibility index (Phi) is 3.09. The number of anilines is 1. The largest absolute Gasteiger partial charge is 0.348 e. The highest BCUT2D eigenvalue weighted by Crippen LogP contribution is 2.40. The summed E-state index contributed by atoms with van der Waals surface area (Å²) in [5.41, 5.74) is 0. The van der Waals surface area contributed by atoms with E-state index in [4.69, 9.17) is 0 Å². The van der Waals surface area contributed by atoms with E-state index in [1.807, 2.05) is 24.6 Å². The first-order chi connectivity index (χ1) is 8.28. The second kappa shape index (κ2) is 4.58. The highest BCUT2D eigenvalue weighted by molar-refractivity contribution is 7.15. The van der Waals surface area contributed by atoms with Gasteiger partial charge in [-0.2, -0.15) is 0 Å². The van der Waals surface area contributed by atoms with Crippen LogP contribution in [0.4, 0.5) is 5.13 Å². The van der Waals surface area contributed by atoms with Crippen LogP contribution in [0.15, 0.2) is 6.20 Å². The molecule has 4 heteroatoms. The molecule has 2 heterocycles. The number of fused-ring (bicyclic) bond motifs is 1. The first-order valence-corrected chi connectivity index (χ1v) is 7.47. The number of nitrogens with one attached hydrogen (secondary N) is 1. The molecule has 1 saturated heterocycles. The third kappa shape index (κ3) is 2.08. The van der Waals surface area contributed by atoms with Gasteiger partial charge in [-0.15, -0.1) is 11.3 Å². The molecule has 2 aliphatic rings. The van der Waals surface area contributed by atoms with Gasteiger partial charge in [0.05, 0.1) is 0 Å². The van der Waals surface area contributed by atoms with Gasteiger partial charge >= 0.3 is 0 Å². The van der Waals surface area contributed by atoms with Crippen molar-refractivity contribution in [3.8, 4) is 0 Å². The Labute approximate surface area is 107 Å². The van der Waals surface area contributed by atoms with Crippen molar-refractivity contribution in [3.63, 3.8) is 0 Å². The summed E-state index contributed by atoms with van der Waals surface area (Å²) in [5.74, 6) is 1.90. The van der Waals surface area contributed by atoms with Crippen molar-refractivity contribution in [2.75, 3.05) is 25.0 Å². The van der Waals surface area contributed by atoms with Gasteiger partial charge in [-0.05, 0) is 38.6 Å². The standard InChI is InChI=1S/C13H21N3S/c1-9(14-2)12-6-15-13(17-12)16-7-10-4-3-5-11(10)8-16/h6,9-11,14H,3-5,7-8H2,1-2H3. The Balaban J connectivity index is 1.71. The summed E-state index contributed by atoms with van der Waals surface area (Å²) in [6.45, 7) is 4.67. The van der Waals surface area contributed by atoms with E-state index in [0.717, 1.165) is 11.8 Å². The van der Waals surface area contributed by atoms with Gasteiger partial charge in [0.15, 0.2) is 5.13 Å². The van der Waals surface area contributed by atoms with Gasteiger partial charge in [0.2, 0.25) is 0 Å². The highest BCUT2D eigenvalue weighted by atomic mass is 32.1. The molecule has 3 rings (SSSR count). The molecule has 1 aromatic rings. The van der Waals surface area contributed by atoms with E-state index < -0.39 is 0 Å². The summed E-state index contributed by atoms with van der Waals surface area (Å²) in [4.78, 5) is 8.45. The summed E-state index contributed by atoms with van der Waals surface area (Å²) in [6.07, 6.45) is 6.36. The molecule has 1 aromatic heterocycles. The Hall–Kier alpha value is -0.610. The number of hydrogen-bond donors (Lipinski definition) is 1. The van der Waals surface area contributed by atoms with Crippen LogP contribution in [0.1, 0.15) is 37.1 Å². The van der Waals surface area contributed by atoms with Gasteiger partial charge in [-0.1, -0.05) is 6.42 Å². The predicted octanol–water partition coefficient (Wildman–Crippen LogP) is 2.66. The van der Waals surface area contributed by atoms with Gasteiger partial charge in [0.25, 0.3) is 0 Å². The van der Waals surface area contributed by atoms with E-state index in [0.29, 0.717) is 6.04 Å². The molecule has 2 fully saturated rings. The Morgan fingerprint density at radius 2 is 2.12 bits per heavy atom. The van der Waals surface area contributed by atoms with Gasteiger partial charge in [0, 0.05) is 30.2 Å². The second-order valence-corrected chi connectivity index (χ2v) is 6.45. The molecule has 0 spiro atoms. The fourth-order valence-electron chi connectivity index (χ4n) is 3.16. The van der Waals surface area contributed by atoms with E-state index in [9.17, 15) is 0 Å². The van der Waals surface area contributed by atoms with Gasteiger partial charge in [0.1, 0.15) is 0 Å². The van der Waals surface area contributed by atoms with Crippen molar-refractivity contribution in [2.24, 2.45) is 11.8 Å². The van der Waals surface area contributed by atoms with Crippen molar-refractivity contribution >= 4 is 16.5 Å². The van der Waals surface area contributed by atoms with Crippen LogP contribution < -0.4 is 10.2 Å².